The van der Waals surface area contributed by atoms with Gasteiger partial charge in [0.25, 0.3) is 17.5 Å². The van der Waals surface area contributed by atoms with Gasteiger partial charge in [0.05, 0.1) is 32.5 Å². The summed E-state index contributed by atoms with van der Waals surface area (Å²) in [6.07, 6.45) is 2.73. The molecule has 0 aliphatic heterocycles. The molecule has 3 aromatic rings. The number of nitrogens with zero attached hydrogens (tertiary/aromatic N) is 2. The molecule has 2 amide bonds. The van der Waals surface area contributed by atoms with Gasteiger partial charge in [-0.25, -0.2) is 5.43 Å². The summed E-state index contributed by atoms with van der Waals surface area (Å²) in [6.45, 7) is 0. The highest BCUT2D eigenvalue weighted by Gasteiger charge is 2.15. The van der Waals surface area contributed by atoms with Crippen LogP contribution in [0.2, 0.25) is 0 Å². The van der Waals surface area contributed by atoms with Crippen LogP contribution in [0.15, 0.2) is 77.5 Å². The number of benzene rings is 3. The van der Waals surface area contributed by atoms with Crippen LogP contribution in [0.3, 0.4) is 0 Å². The molecule has 0 radical (unpaired) electrons. The van der Waals surface area contributed by atoms with Gasteiger partial charge in [0.15, 0.2) is 11.5 Å². The zero-order chi connectivity index (χ0) is 26.8. The molecular weight excluding hydrogens is 480 g/mol. The fraction of sp³-hybridized carbons (Fsp3) is 0.115. The van der Waals surface area contributed by atoms with Crippen LogP contribution in [0.4, 0.5) is 5.69 Å². The Morgan fingerprint density at radius 3 is 2.11 bits per heavy atom. The maximum absolute atomic E-state index is 13.0. The number of hydrogen-bond acceptors (Lipinski definition) is 8. The van der Waals surface area contributed by atoms with Crippen LogP contribution < -0.4 is 25.0 Å². The lowest BCUT2D eigenvalue weighted by Crippen LogP contribution is -2.32. The normalized spacial score (nSPS) is 11.1. The number of nitrogens with one attached hydrogen (secondary N) is 2. The molecule has 11 nitrogen and oxygen atoms in total. The molecule has 0 saturated heterocycles. The number of methoxy groups -OCH3 is 3. The molecule has 3 aromatic carbocycles. The minimum Gasteiger partial charge on any atom is -0.496 e. The van der Waals surface area contributed by atoms with E-state index in [1.807, 2.05) is 0 Å². The van der Waals surface area contributed by atoms with Crippen LogP contribution >= 0.6 is 0 Å². The molecule has 0 saturated carbocycles. The molecule has 0 heterocycles. The highest BCUT2D eigenvalue weighted by molar-refractivity contribution is 6.05. The van der Waals surface area contributed by atoms with Crippen molar-refractivity contribution in [3.05, 3.63) is 99.2 Å². The number of rotatable bonds is 10. The third-order valence-electron chi connectivity index (χ3n) is 5.05. The largest absolute Gasteiger partial charge is 0.496 e. The first-order valence-corrected chi connectivity index (χ1v) is 10.8. The number of hydrogen-bond donors (Lipinski definition) is 2. The number of hydrazone groups is 1. The summed E-state index contributed by atoms with van der Waals surface area (Å²) >= 11 is 0. The second-order valence-electron chi connectivity index (χ2n) is 7.38. The van der Waals surface area contributed by atoms with Gasteiger partial charge in [-0.2, -0.15) is 5.10 Å². The van der Waals surface area contributed by atoms with Crippen molar-refractivity contribution in [2.45, 2.75) is 0 Å². The van der Waals surface area contributed by atoms with E-state index in [4.69, 9.17) is 14.2 Å². The quantitative estimate of drug-likeness (QED) is 0.186. The van der Waals surface area contributed by atoms with Gasteiger partial charge in [-0.05, 0) is 42.0 Å². The Hall–Kier alpha value is -5.19. The number of carbonyl (C=O) groups excluding carboxylic acids is 2. The Labute approximate surface area is 212 Å². The zero-order valence-electron chi connectivity index (χ0n) is 20.3. The van der Waals surface area contributed by atoms with Crippen LogP contribution in [0.25, 0.3) is 6.08 Å². The first kappa shape index (κ1) is 26.4. The van der Waals surface area contributed by atoms with Gasteiger partial charge in [0.2, 0.25) is 0 Å². The average Bonchev–Trinajstić information content (AvgIpc) is 2.92. The zero-order valence-corrected chi connectivity index (χ0v) is 20.3. The molecule has 11 heteroatoms. The highest BCUT2D eigenvalue weighted by atomic mass is 16.6. The van der Waals surface area contributed by atoms with Crippen molar-refractivity contribution in [3.63, 3.8) is 0 Å². The number of ether oxygens (including phenoxy) is 3. The van der Waals surface area contributed by atoms with Gasteiger partial charge in [-0.3, -0.25) is 19.7 Å². The minimum absolute atomic E-state index is 0.107. The van der Waals surface area contributed by atoms with E-state index in [2.05, 4.69) is 15.8 Å². The fourth-order valence-electron chi connectivity index (χ4n) is 3.18. The average molecular weight is 504 g/mol. The molecule has 0 bridgehead atoms. The van der Waals surface area contributed by atoms with Crippen LogP contribution in [-0.4, -0.2) is 44.3 Å². The topological polar surface area (TPSA) is 141 Å². The van der Waals surface area contributed by atoms with Crippen molar-refractivity contribution in [3.8, 4) is 17.2 Å². The lowest BCUT2D eigenvalue weighted by molar-refractivity contribution is -0.384. The van der Waals surface area contributed by atoms with Crippen molar-refractivity contribution in [1.29, 1.82) is 0 Å². The predicted molar refractivity (Wildman–Crippen MR) is 137 cm³/mol. The summed E-state index contributed by atoms with van der Waals surface area (Å²) in [5.74, 6) is 0.0740. The molecule has 0 spiro atoms. The summed E-state index contributed by atoms with van der Waals surface area (Å²) in [5.41, 5.74) is 3.42. The van der Waals surface area contributed by atoms with Crippen molar-refractivity contribution < 1.29 is 28.7 Å². The van der Waals surface area contributed by atoms with Gasteiger partial charge < -0.3 is 19.5 Å². The van der Waals surface area contributed by atoms with Crippen LogP contribution in [0, 0.1) is 10.1 Å². The van der Waals surface area contributed by atoms with Crippen LogP contribution in [0.5, 0.6) is 17.2 Å². The Balaban J connectivity index is 1.87. The van der Waals surface area contributed by atoms with Gasteiger partial charge in [0.1, 0.15) is 11.4 Å². The second kappa shape index (κ2) is 12.5. The Morgan fingerprint density at radius 2 is 1.51 bits per heavy atom. The molecule has 0 aliphatic carbocycles. The van der Waals surface area contributed by atoms with Gasteiger partial charge in [-0.1, -0.05) is 18.2 Å². The molecular formula is C26H24N4O7. The molecule has 0 aromatic heterocycles. The molecule has 37 heavy (non-hydrogen) atoms. The molecule has 2 N–H and O–H groups in total. The van der Waals surface area contributed by atoms with E-state index in [9.17, 15) is 19.7 Å². The van der Waals surface area contributed by atoms with Crippen molar-refractivity contribution in [2.24, 2.45) is 5.10 Å². The second-order valence-corrected chi connectivity index (χ2v) is 7.38. The first-order valence-electron chi connectivity index (χ1n) is 10.8. The van der Waals surface area contributed by atoms with E-state index in [0.29, 0.717) is 33.9 Å². The van der Waals surface area contributed by atoms with E-state index in [1.54, 1.807) is 42.5 Å². The van der Waals surface area contributed by atoms with E-state index >= 15 is 0 Å². The number of nitro benzene ring substituents is 1. The number of amides is 2. The summed E-state index contributed by atoms with van der Waals surface area (Å²) in [7, 11) is 4.45. The first-order chi connectivity index (χ1) is 17.9. The van der Waals surface area contributed by atoms with Gasteiger partial charge in [-0.15, -0.1) is 0 Å². The molecule has 0 atom stereocenters. The smallest absolute Gasteiger partial charge is 0.287 e. The Kier molecular flexibility index (Phi) is 8.92. The van der Waals surface area contributed by atoms with E-state index < -0.39 is 16.7 Å². The van der Waals surface area contributed by atoms with Crippen LogP contribution in [-0.2, 0) is 4.79 Å². The third kappa shape index (κ3) is 6.92. The monoisotopic (exact) mass is 504 g/mol. The summed E-state index contributed by atoms with van der Waals surface area (Å²) in [4.78, 5) is 36.1. The third-order valence-corrected chi connectivity index (χ3v) is 5.05. The Morgan fingerprint density at radius 1 is 0.892 bits per heavy atom. The number of non-ortho nitro benzene ring substituents is 1. The SMILES string of the molecule is COc1cc(OC)c(OC)cc1C=NNC(=O)/C(=C\c1ccc([N+](=O)[O-])cc1)NC(=O)c1ccccc1. The van der Waals surface area contributed by atoms with Crippen molar-refractivity contribution in [2.75, 3.05) is 21.3 Å². The lowest BCUT2D eigenvalue weighted by atomic mass is 10.1. The van der Waals surface area contributed by atoms with Crippen LogP contribution in [0.1, 0.15) is 21.5 Å². The molecule has 0 aliphatic rings. The maximum atomic E-state index is 13.0. The van der Waals surface area contributed by atoms with E-state index in [1.165, 1.54) is 57.9 Å². The van der Waals surface area contributed by atoms with E-state index in [0.717, 1.165) is 0 Å². The highest BCUT2D eigenvalue weighted by Crippen LogP contribution is 2.33. The summed E-state index contributed by atoms with van der Waals surface area (Å²) in [6, 6.07) is 17.1. The summed E-state index contributed by atoms with van der Waals surface area (Å²) < 4.78 is 15.9. The molecule has 190 valence electrons. The standard InChI is InChI=1S/C26H24N4O7/c1-35-22-15-24(37-3)23(36-2)14-19(22)16-27-29-26(32)21(28-25(31)18-7-5-4-6-8-18)13-17-9-11-20(12-10-17)30(33)34/h4-16H,1-3H3,(H,28,31)(H,29,32)/b21-13+,27-16?. The van der Waals surface area contributed by atoms with Gasteiger partial charge >= 0.3 is 0 Å². The fourth-order valence-corrected chi connectivity index (χ4v) is 3.18. The number of nitro groups is 1. The molecule has 3 rings (SSSR count). The van der Waals surface area contributed by atoms with Crippen molar-refractivity contribution >= 4 is 29.8 Å². The number of carbonyl (C=O) groups is 2. The minimum atomic E-state index is -0.724. The predicted octanol–water partition coefficient (Wildman–Crippen LogP) is 3.54. The summed E-state index contributed by atoms with van der Waals surface area (Å²) in [5, 5.41) is 17.5. The molecule has 0 unspecified atom stereocenters. The van der Waals surface area contributed by atoms with Gasteiger partial charge in [0, 0.05) is 29.3 Å². The van der Waals surface area contributed by atoms with Crippen molar-refractivity contribution in [1.82, 2.24) is 10.7 Å². The maximum Gasteiger partial charge on any atom is 0.287 e. The van der Waals surface area contributed by atoms with E-state index in [-0.39, 0.29) is 11.4 Å². The lowest BCUT2D eigenvalue weighted by Gasteiger charge is -2.12. The Bertz CT molecular complexity index is 1340. The molecule has 0 fully saturated rings.